The van der Waals surface area contributed by atoms with Crippen LogP contribution in [0.1, 0.15) is 16.1 Å². The zero-order chi connectivity index (χ0) is 20.3. The van der Waals surface area contributed by atoms with Gasteiger partial charge in [-0.3, -0.25) is 9.78 Å². The lowest BCUT2D eigenvalue weighted by Crippen LogP contribution is -2.14. The lowest BCUT2D eigenvalue weighted by Gasteiger charge is -2.08. The van der Waals surface area contributed by atoms with Crippen LogP contribution in [0.15, 0.2) is 85.1 Å². The molecule has 0 aliphatic heterocycles. The van der Waals surface area contributed by atoms with E-state index >= 15 is 0 Å². The van der Waals surface area contributed by atoms with Crippen molar-refractivity contribution in [2.75, 3.05) is 5.32 Å². The van der Waals surface area contributed by atoms with Gasteiger partial charge in [0.1, 0.15) is 0 Å². The van der Waals surface area contributed by atoms with Crippen molar-refractivity contribution in [3.05, 3.63) is 101 Å². The van der Waals surface area contributed by atoms with Crippen molar-refractivity contribution in [1.29, 1.82) is 0 Å². The number of amides is 1. The third-order valence-electron chi connectivity index (χ3n) is 5.00. The highest BCUT2D eigenvalue weighted by atomic mass is 32.1. The van der Waals surface area contributed by atoms with Crippen LogP contribution >= 0.6 is 11.3 Å². The summed E-state index contributed by atoms with van der Waals surface area (Å²) >= 11 is 1.72. The Bertz CT molecular complexity index is 1300. The summed E-state index contributed by atoms with van der Waals surface area (Å²) in [5.41, 5.74) is 4.82. The fourth-order valence-corrected chi connectivity index (χ4v) is 4.57. The number of carbonyl (C=O) groups excluding carboxylic acids is 1. The Hall–Kier alpha value is -3.57. The summed E-state index contributed by atoms with van der Waals surface area (Å²) in [4.78, 5) is 21.7. The number of hydrogen-bond acceptors (Lipinski definition) is 4. The smallest absolute Gasteiger partial charge is 0.228 e. The lowest BCUT2D eigenvalue weighted by molar-refractivity contribution is -0.115. The molecule has 5 aromatic rings. The number of nitrogens with one attached hydrogen (secondary N) is 1. The standard InChI is InChI=1S/C25H19N3OS/c29-23(16-19-6-3-5-18-7-4-14-26-25(18)19)27-20-12-10-17(11-13-20)15-24-28-21-8-1-2-9-22(21)30-24/h1-14H,15-16H2,(H,27,29). The molecule has 0 fully saturated rings. The molecule has 0 saturated heterocycles. The van der Waals surface area contributed by atoms with Crippen molar-refractivity contribution in [3.8, 4) is 0 Å². The van der Waals surface area contributed by atoms with Crippen LogP contribution in [0, 0.1) is 0 Å². The summed E-state index contributed by atoms with van der Waals surface area (Å²) in [6.45, 7) is 0. The second-order valence-electron chi connectivity index (χ2n) is 7.17. The van der Waals surface area contributed by atoms with Crippen LogP contribution in [-0.2, 0) is 17.6 Å². The van der Waals surface area contributed by atoms with Gasteiger partial charge in [-0.1, -0.05) is 48.5 Å². The molecule has 4 nitrogen and oxygen atoms in total. The summed E-state index contributed by atoms with van der Waals surface area (Å²) in [5.74, 6) is -0.0490. The molecule has 30 heavy (non-hydrogen) atoms. The minimum absolute atomic E-state index is 0.0490. The molecule has 2 aromatic heterocycles. The maximum absolute atomic E-state index is 12.6. The lowest BCUT2D eigenvalue weighted by atomic mass is 10.1. The first-order chi connectivity index (χ1) is 14.7. The van der Waals surface area contributed by atoms with E-state index in [0.717, 1.165) is 39.1 Å². The highest BCUT2D eigenvalue weighted by Gasteiger charge is 2.09. The number of pyridine rings is 1. The summed E-state index contributed by atoms with van der Waals surface area (Å²) < 4.78 is 1.21. The number of fused-ring (bicyclic) bond motifs is 2. The van der Waals surface area contributed by atoms with Gasteiger partial charge < -0.3 is 5.32 Å². The van der Waals surface area contributed by atoms with Gasteiger partial charge in [0, 0.05) is 23.7 Å². The van der Waals surface area contributed by atoms with E-state index in [-0.39, 0.29) is 5.91 Å². The number of nitrogens with zero attached hydrogens (tertiary/aromatic N) is 2. The second kappa shape index (κ2) is 8.05. The normalized spacial score (nSPS) is 11.1. The van der Waals surface area contributed by atoms with E-state index in [1.165, 1.54) is 10.3 Å². The third-order valence-corrected chi connectivity index (χ3v) is 6.03. The number of para-hydroxylation sites is 2. The molecule has 1 N–H and O–H groups in total. The highest BCUT2D eigenvalue weighted by molar-refractivity contribution is 7.18. The molecule has 5 rings (SSSR count). The maximum atomic E-state index is 12.6. The van der Waals surface area contributed by atoms with Crippen LogP contribution in [0.25, 0.3) is 21.1 Å². The van der Waals surface area contributed by atoms with E-state index in [9.17, 15) is 4.79 Å². The number of carbonyl (C=O) groups is 1. The van der Waals surface area contributed by atoms with Gasteiger partial charge in [-0.05, 0) is 41.5 Å². The Labute approximate surface area is 178 Å². The van der Waals surface area contributed by atoms with E-state index < -0.39 is 0 Å². The summed E-state index contributed by atoms with van der Waals surface area (Å²) in [7, 11) is 0. The van der Waals surface area contributed by atoms with Crippen molar-refractivity contribution in [2.24, 2.45) is 0 Å². The first-order valence-electron chi connectivity index (χ1n) is 9.80. The zero-order valence-electron chi connectivity index (χ0n) is 16.2. The number of thiazole rings is 1. The fraction of sp³-hybridized carbons (Fsp3) is 0.0800. The predicted octanol–water partition coefficient (Wildman–Crippen LogP) is 5.62. The van der Waals surface area contributed by atoms with Gasteiger partial charge in [0.15, 0.2) is 0 Å². The molecular weight excluding hydrogens is 390 g/mol. The van der Waals surface area contributed by atoms with Gasteiger partial charge in [0.25, 0.3) is 0 Å². The summed E-state index contributed by atoms with van der Waals surface area (Å²) in [6.07, 6.45) is 2.84. The molecule has 0 unspecified atom stereocenters. The van der Waals surface area contributed by atoms with Gasteiger partial charge in [0.2, 0.25) is 5.91 Å². The first kappa shape index (κ1) is 18.5. The van der Waals surface area contributed by atoms with E-state index in [1.807, 2.05) is 72.8 Å². The van der Waals surface area contributed by atoms with Crippen molar-refractivity contribution >= 4 is 44.1 Å². The van der Waals surface area contributed by atoms with Crippen LogP contribution in [0.3, 0.4) is 0 Å². The van der Waals surface area contributed by atoms with Crippen molar-refractivity contribution < 1.29 is 4.79 Å². The van der Waals surface area contributed by atoms with Gasteiger partial charge in [-0.2, -0.15) is 0 Å². The quantitative estimate of drug-likeness (QED) is 0.410. The monoisotopic (exact) mass is 409 g/mol. The Morgan fingerprint density at radius 1 is 0.900 bits per heavy atom. The molecule has 0 radical (unpaired) electrons. The Kier molecular flexibility index (Phi) is 4.95. The zero-order valence-corrected chi connectivity index (χ0v) is 17.0. The van der Waals surface area contributed by atoms with Gasteiger partial charge in [-0.15, -0.1) is 11.3 Å². The molecule has 0 saturated carbocycles. The fourth-order valence-electron chi connectivity index (χ4n) is 3.56. The third kappa shape index (κ3) is 3.93. The topological polar surface area (TPSA) is 54.9 Å². The van der Waals surface area contributed by atoms with E-state index in [2.05, 4.69) is 16.4 Å². The van der Waals surface area contributed by atoms with Crippen LogP contribution in [0.2, 0.25) is 0 Å². The summed E-state index contributed by atoms with van der Waals surface area (Å²) in [6, 6.07) is 26.0. The van der Waals surface area contributed by atoms with Crippen LogP contribution in [0.5, 0.6) is 0 Å². The Balaban J connectivity index is 1.25. The van der Waals surface area contributed by atoms with Crippen LogP contribution in [0.4, 0.5) is 5.69 Å². The van der Waals surface area contributed by atoms with Crippen molar-refractivity contribution in [3.63, 3.8) is 0 Å². The molecule has 0 atom stereocenters. The van der Waals surface area contributed by atoms with Gasteiger partial charge >= 0.3 is 0 Å². The molecule has 0 aliphatic rings. The Morgan fingerprint density at radius 3 is 2.60 bits per heavy atom. The molecule has 3 aromatic carbocycles. The van der Waals surface area contributed by atoms with E-state index in [1.54, 1.807) is 17.5 Å². The number of rotatable bonds is 5. The molecule has 2 heterocycles. The number of anilines is 1. The number of benzene rings is 3. The Morgan fingerprint density at radius 2 is 1.73 bits per heavy atom. The molecule has 1 amide bonds. The minimum Gasteiger partial charge on any atom is -0.326 e. The molecule has 146 valence electrons. The molecule has 0 aliphatic carbocycles. The van der Waals surface area contributed by atoms with Crippen LogP contribution < -0.4 is 5.32 Å². The average Bonchev–Trinajstić information content (AvgIpc) is 3.18. The first-order valence-corrected chi connectivity index (χ1v) is 10.6. The minimum atomic E-state index is -0.0490. The number of aromatic nitrogens is 2. The van der Waals surface area contributed by atoms with Crippen LogP contribution in [-0.4, -0.2) is 15.9 Å². The van der Waals surface area contributed by atoms with Gasteiger partial charge in [-0.25, -0.2) is 4.98 Å². The second-order valence-corrected chi connectivity index (χ2v) is 8.28. The summed E-state index contributed by atoms with van der Waals surface area (Å²) in [5, 5.41) is 5.13. The highest BCUT2D eigenvalue weighted by Crippen LogP contribution is 2.24. The number of hydrogen-bond donors (Lipinski definition) is 1. The predicted molar refractivity (Wildman–Crippen MR) is 123 cm³/mol. The molecule has 5 heteroatoms. The molecule has 0 spiro atoms. The average molecular weight is 410 g/mol. The largest absolute Gasteiger partial charge is 0.326 e. The van der Waals surface area contributed by atoms with E-state index in [0.29, 0.717) is 6.42 Å². The van der Waals surface area contributed by atoms with Crippen molar-refractivity contribution in [1.82, 2.24) is 9.97 Å². The van der Waals surface area contributed by atoms with E-state index in [4.69, 9.17) is 4.98 Å². The molecular formula is C25H19N3OS. The van der Waals surface area contributed by atoms with Gasteiger partial charge in [0.05, 0.1) is 27.2 Å². The van der Waals surface area contributed by atoms with Crippen molar-refractivity contribution in [2.45, 2.75) is 12.8 Å². The SMILES string of the molecule is O=C(Cc1cccc2cccnc12)Nc1ccc(Cc2nc3ccccc3s2)cc1. The maximum Gasteiger partial charge on any atom is 0.228 e. The molecule has 0 bridgehead atoms.